The van der Waals surface area contributed by atoms with Crippen LogP contribution in [0.5, 0.6) is 5.75 Å². The second-order valence-corrected chi connectivity index (χ2v) is 8.22. The van der Waals surface area contributed by atoms with E-state index in [0.717, 1.165) is 16.8 Å². The molecule has 1 atom stereocenters. The Morgan fingerprint density at radius 1 is 1.23 bits per heavy atom. The van der Waals surface area contributed by atoms with E-state index in [9.17, 15) is 14.4 Å². The number of rotatable bonds is 5. The normalized spacial score (nSPS) is 19.4. The van der Waals surface area contributed by atoms with E-state index in [0.29, 0.717) is 30.8 Å². The third-order valence-corrected chi connectivity index (χ3v) is 5.94. The molecular formula is C23H25N3O4. The topological polar surface area (TPSA) is 87.7 Å². The second kappa shape index (κ2) is 7.48. The van der Waals surface area contributed by atoms with Crippen molar-refractivity contribution in [3.05, 3.63) is 53.6 Å². The summed E-state index contributed by atoms with van der Waals surface area (Å²) in [5, 5.41) is 5.79. The summed E-state index contributed by atoms with van der Waals surface area (Å²) in [6, 6.07) is 12.3. The zero-order valence-electron chi connectivity index (χ0n) is 17.3. The highest BCUT2D eigenvalue weighted by atomic mass is 16.5. The number of benzene rings is 2. The van der Waals surface area contributed by atoms with E-state index in [4.69, 9.17) is 4.74 Å². The number of likely N-dealkylation sites (tertiary alicyclic amines) is 1. The summed E-state index contributed by atoms with van der Waals surface area (Å²) >= 11 is 0. The standard InChI is InChI=1S/C23H25N3O4/c1-23(2)16-12-15(8-9-17(16)25-22(23)29)24-21(28)18-10-11-20(27)26(18)13-14-6-4-5-7-19(14)30-3/h4-9,12,18H,10-11,13H2,1-3H3,(H,24,28)(H,25,29)/t18-/m0/s1. The molecule has 7 heteroatoms. The first-order valence-corrected chi connectivity index (χ1v) is 9.99. The van der Waals surface area contributed by atoms with Crippen LogP contribution in [0.1, 0.15) is 37.8 Å². The molecule has 2 heterocycles. The van der Waals surface area contributed by atoms with Gasteiger partial charge in [-0.1, -0.05) is 18.2 Å². The SMILES string of the molecule is COc1ccccc1CN1C(=O)CC[C@H]1C(=O)Nc1ccc2c(c1)C(C)(C)C(=O)N2. The number of amides is 3. The molecular weight excluding hydrogens is 382 g/mol. The number of carbonyl (C=O) groups excluding carboxylic acids is 3. The highest BCUT2D eigenvalue weighted by Crippen LogP contribution is 2.38. The minimum atomic E-state index is -0.657. The number of ether oxygens (including phenoxy) is 1. The van der Waals surface area contributed by atoms with Crippen molar-refractivity contribution in [1.29, 1.82) is 0 Å². The Balaban J connectivity index is 1.53. The van der Waals surface area contributed by atoms with E-state index < -0.39 is 11.5 Å². The molecule has 1 fully saturated rings. The first-order chi connectivity index (χ1) is 14.3. The zero-order chi connectivity index (χ0) is 21.5. The molecule has 30 heavy (non-hydrogen) atoms. The van der Waals surface area contributed by atoms with Crippen LogP contribution in [0.3, 0.4) is 0 Å². The van der Waals surface area contributed by atoms with Gasteiger partial charge in [0, 0.05) is 23.4 Å². The second-order valence-electron chi connectivity index (χ2n) is 8.22. The predicted octanol–water partition coefficient (Wildman–Crippen LogP) is 3.05. The number of nitrogens with one attached hydrogen (secondary N) is 2. The Labute approximate surface area is 175 Å². The van der Waals surface area contributed by atoms with Crippen molar-refractivity contribution >= 4 is 29.1 Å². The van der Waals surface area contributed by atoms with E-state index >= 15 is 0 Å². The smallest absolute Gasteiger partial charge is 0.247 e. The van der Waals surface area contributed by atoms with Crippen LogP contribution in [-0.2, 0) is 26.3 Å². The molecule has 4 rings (SSSR count). The Morgan fingerprint density at radius 2 is 2.00 bits per heavy atom. The summed E-state index contributed by atoms with van der Waals surface area (Å²) in [5.74, 6) is 0.344. The first kappa shape index (κ1) is 19.9. The van der Waals surface area contributed by atoms with Crippen molar-refractivity contribution in [3.63, 3.8) is 0 Å². The van der Waals surface area contributed by atoms with Gasteiger partial charge in [-0.05, 0) is 50.1 Å². The van der Waals surface area contributed by atoms with Crippen LogP contribution in [-0.4, -0.2) is 35.8 Å². The van der Waals surface area contributed by atoms with Crippen LogP contribution in [0.2, 0.25) is 0 Å². The van der Waals surface area contributed by atoms with Gasteiger partial charge in [0.1, 0.15) is 11.8 Å². The molecule has 2 aromatic rings. The van der Waals surface area contributed by atoms with Crippen LogP contribution >= 0.6 is 0 Å². The minimum Gasteiger partial charge on any atom is -0.496 e. The van der Waals surface area contributed by atoms with E-state index in [1.807, 2.05) is 44.2 Å². The number of hydrogen-bond donors (Lipinski definition) is 2. The lowest BCUT2D eigenvalue weighted by Gasteiger charge is -2.25. The third kappa shape index (κ3) is 3.40. The molecule has 0 aliphatic carbocycles. The molecule has 2 aliphatic heterocycles. The molecule has 1 saturated heterocycles. The lowest BCUT2D eigenvalue weighted by molar-refractivity contribution is -0.133. The van der Waals surface area contributed by atoms with Crippen LogP contribution in [0.15, 0.2) is 42.5 Å². The summed E-state index contributed by atoms with van der Waals surface area (Å²) < 4.78 is 5.38. The third-order valence-electron chi connectivity index (χ3n) is 5.94. The first-order valence-electron chi connectivity index (χ1n) is 9.99. The zero-order valence-corrected chi connectivity index (χ0v) is 17.3. The number of methoxy groups -OCH3 is 1. The van der Waals surface area contributed by atoms with Gasteiger partial charge in [0.25, 0.3) is 0 Å². The van der Waals surface area contributed by atoms with E-state index in [-0.39, 0.29) is 17.7 Å². The minimum absolute atomic E-state index is 0.0501. The predicted molar refractivity (Wildman–Crippen MR) is 113 cm³/mol. The molecule has 0 spiro atoms. The maximum absolute atomic E-state index is 13.0. The van der Waals surface area contributed by atoms with Gasteiger partial charge in [-0.3, -0.25) is 14.4 Å². The monoisotopic (exact) mass is 407 g/mol. The quantitative estimate of drug-likeness (QED) is 0.797. The van der Waals surface area contributed by atoms with Crippen molar-refractivity contribution in [3.8, 4) is 5.75 Å². The molecule has 2 aromatic carbocycles. The van der Waals surface area contributed by atoms with Crippen molar-refractivity contribution in [1.82, 2.24) is 4.90 Å². The fraction of sp³-hybridized carbons (Fsp3) is 0.348. The van der Waals surface area contributed by atoms with Gasteiger partial charge >= 0.3 is 0 Å². The Bertz CT molecular complexity index is 1030. The van der Waals surface area contributed by atoms with Gasteiger partial charge in [-0.15, -0.1) is 0 Å². The van der Waals surface area contributed by atoms with E-state index in [1.54, 1.807) is 24.1 Å². The molecule has 2 N–H and O–H groups in total. The van der Waals surface area contributed by atoms with Gasteiger partial charge in [-0.25, -0.2) is 0 Å². The van der Waals surface area contributed by atoms with Gasteiger partial charge in [-0.2, -0.15) is 0 Å². The molecule has 0 unspecified atom stereocenters. The van der Waals surface area contributed by atoms with Crippen molar-refractivity contribution < 1.29 is 19.1 Å². The van der Waals surface area contributed by atoms with Gasteiger partial charge in [0.05, 0.1) is 19.1 Å². The molecule has 3 amide bonds. The largest absolute Gasteiger partial charge is 0.496 e. The van der Waals surface area contributed by atoms with Crippen LogP contribution in [0, 0.1) is 0 Å². The summed E-state index contributed by atoms with van der Waals surface area (Å²) in [4.78, 5) is 39.3. The molecule has 156 valence electrons. The highest BCUT2D eigenvalue weighted by Gasteiger charge is 2.39. The molecule has 0 radical (unpaired) electrons. The van der Waals surface area contributed by atoms with Gasteiger partial charge < -0.3 is 20.3 Å². The van der Waals surface area contributed by atoms with Crippen molar-refractivity contribution in [2.75, 3.05) is 17.7 Å². The number of fused-ring (bicyclic) bond motifs is 1. The highest BCUT2D eigenvalue weighted by molar-refractivity contribution is 6.06. The maximum atomic E-state index is 13.0. The Hall–Kier alpha value is -3.35. The molecule has 0 aromatic heterocycles. The number of para-hydroxylation sites is 1. The molecule has 2 aliphatic rings. The number of anilines is 2. The van der Waals surface area contributed by atoms with Gasteiger partial charge in [0.15, 0.2) is 0 Å². The maximum Gasteiger partial charge on any atom is 0.247 e. The van der Waals surface area contributed by atoms with E-state index in [1.165, 1.54) is 0 Å². The Morgan fingerprint density at radius 3 is 2.77 bits per heavy atom. The lowest BCUT2D eigenvalue weighted by atomic mass is 9.86. The molecule has 0 saturated carbocycles. The molecule has 7 nitrogen and oxygen atoms in total. The van der Waals surface area contributed by atoms with Crippen molar-refractivity contribution in [2.45, 2.75) is 44.7 Å². The van der Waals surface area contributed by atoms with Crippen LogP contribution < -0.4 is 15.4 Å². The summed E-state index contributed by atoms with van der Waals surface area (Å²) in [7, 11) is 1.59. The summed E-state index contributed by atoms with van der Waals surface area (Å²) in [6.07, 6.45) is 0.805. The molecule has 0 bridgehead atoms. The average Bonchev–Trinajstić information content (AvgIpc) is 3.19. The van der Waals surface area contributed by atoms with Gasteiger partial charge in [0.2, 0.25) is 17.7 Å². The Kier molecular flexibility index (Phi) is 4.97. The number of hydrogen-bond acceptors (Lipinski definition) is 4. The summed E-state index contributed by atoms with van der Waals surface area (Å²) in [5.41, 5.74) is 2.42. The lowest BCUT2D eigenvalue weighted by Crippen LogP contribution is -2.41. The van der Waals surface area contributed by atoms with E-state index in [2.05, 4.69) is 10.6 Å². The summed E-state index contributed by atoms with van der Waals surface area (Å²) in [6.45, 7) is 4.02. The van der Waals surface area contributed by atoms with Crippen LogP contribution in [0.4, 0.5) is 11.4 Å². The number of nitrogens with zero attached hydrogens (tertiary/aromatic N) is 1. The van der Waals surface area contributed by atoms with Crippen molar-refractivity contribution in [2.24, 2.45) is 0 Å². The fourth-order valence-corrected chi connectivity index (χ4v) is 4.10. The number of carbonyl (C=O) groups is 3. The fourth-order valence-electron chi connectivity index (χ4n) is 4.10. The van der Waals surface area contributed by atoms with Crippen LogP contribution in [0.25, 0.3) is 0 Å². The average molecular weight is 407 g/mol.